The number of hydrogen-bond donors (Lipinski definition) is 5. The Hall–Kier alpha value is -5.70. The largest absolute Gasteiger partial charge is 0.858 e. The number of rotatable bonds is 11. The van der Waals surface area contributed by atoms with Crippen LogP contribution in [0, 0.1) is 0 Å². The van der Waals surface area contributed by atoms with Crippen LogP contribution in [0.15, 0.2) is 191 Å². The predicted octanol–water partition coefficient (Wildman–Crippen LogP) is 10.3. The lowest BCUT2D eigenvalue weighted by molar-refractivity contribution is -0.284. The summed E-state index contributed by atoms with van der Waals surface area (Å²) >= 11 is 18.1. The molecule has 0 aliphatic carbocycles. The highest BCUT2D eigenvalue weighted by atomic mass is 79.9. The van der Waals surface area contributed by atoms with Crippen LogP contribution in [0.5, 0.6) is 11.8 Å². The van der Waals surface area contributed by atoms with Crippen LogP contribution in [0.4, 0.5) is 5.69 Å². The summed E-state index contributed by atoms with van der Waals surface area (Å²) in [6, 6.07) is 48.5. The van der Waals surface area contributed by atoms with Gasteiger partial charge in [0.05, 0.1) is 58.3 Å². The summed E-state index contributed by atoms with van der Waals surface area (Å²) in [5.41, 5.74) is 3.83. The number of hydrogen-bond acceptors (Lipinski definition) is 10. The second-order valence-electron chi connectivity index (χ2n) is 15.7. The maximum atomic E-state index is 13.5. The average molecular weight is 1100 g/mol. The molecular formula is C52H55BrCl2N8O6S2. The molecule has 2 fully saturated rings. The van der Waals surface area contributed by atoms with Crippen LogP contribution >= 0.6 is 62.7 Å². The SMILES string of the molecule is C1COCCN1.O=c1[nH]n(C(c2ccccc2)c2ccc(Br)cc2)c([O-])c1Sc1ccccc1Cl.O=c1[nH]n(C(c2ccccc2)c2ccc(N3CCOCC3)cc2)c([O-])c1Sc1ccccc1Cl.[NH4+].[NH4+]. The van der Waals surface area contributed by atoms with Crippen LogP contribution in [-0.2, 0) is 9.47 Å². The second-order valence-corrected chi connectivity index (χ2v) is 19.5. The Morgan fingerprint density at radius 2 is 0.901 bits per heavy atom. The molecule has 4 heterocycles. The molecule has 2 aliphatic rings. The van der Waals surface area contributed by atoms with Crippen molar-refractivity contribution in [2.24, 2.45) is 0 Å². The number of nitrogens with one attached hydrogen (secondary N) is 3. The first kappa shape index (κ1) is 54.6. The van der Waals surface area contributed by atoms with Crippen LogP contribution in [0.2, 0.25) is 10.0 Å². The number of nitrogens with zero attached hydrogens (tertiary/aromatic N) is 3. The summed E-state index contributed by atoms with van der Waals surface area (Å²) in [6.45, 7) is 6.95. The van der Waals surface area contributed by atoms with Gasteiger partial charge in [-0.25, -0.2) is 0 Å². The van der Waals surface area contributed by atoms with Gasteiger partial charge < -0.3 is 42.2 Å². The molecule has 0 spiro atoms. The van der Waals surface area contributed by atoms with Gasteiger partial charge in [-0.3, -0.25) is 29.2 Å². The third-order valence-corrected chi connectivity index (χ3v) is 14.8. The molecule has 2 aromatic heterocycles. The normalized spacial score (nSPS) is 14.0. The number of aromatic amines is 2. The summed E-state index contributed by atoms with van der Waals surface area (Å²) in [5, 5.41) is 36.3. The van der Waals surface area contributed by atoms with Crippen molar-refractivity contribution in [1.29, 1.82) is 0 Å². The van der Waals surface area contributed by atoms with Crippen molar-refractivity contribution in [2.45, 2.75) is 31.7 Å². The van der Waals surface area contributed by atoms with E-state index in [9.17, 15) is 19.8 Å². The van der Waals surface area contributed by atoms with Crippen LogP contribution in [0.1, 0.15) is 34.3 Å². The van der Waals surface area contributed by atoms with Crippen molar-refractivity contribution in [3.8, 4) is 11.8 Å². The molecule has 0 saturated carbocycles. The molecular weight excluding hydrogens is 1050 g/mol. The van der Waals surface area contributed by atoms with E-state index in [0.29, 0.717) is 33.0 Å². The van der Waals surface area contributed by atoms with Gasteiger partial charge in [0.25, 0.3) is 11.1 Å². The first-order valence-electron chi connectivity index (χ1n) is 22.1. The predicted molar refractivity (Wildman–Crippen MR) is 287 cm³/mol. The van der Waals surface area contributed by atoms with E-state index in [1.54, 1.807) is 30.3 Å². The highest BCUT2D eigenvalue weighted by Crippen LogP contribution is 2.39. The van der Waals surface area contributed by atoms with E-state index in [4.69, 9.17) is 32.7 Å². The summed E-state index contributed by atoms with van der Waals surface area (Å²) < 4.78 is 14.2. The maximum absolute atomic E-state index is 13.5. The van der Waals surface area contributed by atoms with Gasteiger partial charge in [-0.15, -0.1) is 0 Å². The summed E-state index contributed by atoms with van der Waals surface area (Å²) in [6.07, 6.45) is 0. The topological polar surface area (TPSA) is 228 Å². The Morgan fingerprint density at radius 3 is 1.30 bits per heavy atom. The van der Waals surface area contributed by atoms with E-state index in [2.05, 4.69) is 48.5 Å². The van der Waals surface area contributed by atoms with Gasteiger partial charge in [0.15, 0.2) is 0 Å². The summed E-state index contributed by atoms with van der Waals surface area (Å²) in [7, 11) is 0. The van der Waals surface area contributed by atoms with Crippen molar-refractivity contribution < 1.29 is 19.7 Å². The smallest absolute Gasteiger partial charge is 0.277 e. The van der Waals surface area contributed by atoms with Gasteiger partial charge in [0, 0.05) is 57.9 Å². The van der Waals surface area contributed by atoms with Crippen LogP contribution in [-0.4, -0.2) is 72.2 Å². The van der Waals surface area contributed by atoms with Crippen molar-refractivity contribution in [3.05, 3.63) is 215 Å². The van der Waals surface area contributed by atoms with Gasteiger partial charge in [0.2, 0.25) is 0 Å². The molecule has 2 atom stereocenters. The number of ether oxygens (including phenoxy) is 2. The quantitative estimate of drug-likeness (QED) is 0.0823. The minimum Gasteiger partial charge on any atom is -0.858 e. The molecule has 0 bridgehead atoms. The van der Waals surface area contributed by atoms with E-state index < -0.39 is 23.2 Å². The van der Waals surface area contributed by atoms with Gasteiger partial charge in [0.1, 0.15) is 0 Å². The molecule has 2 aliphatic heterocycles. The first-order chi connectivity index (χ1) is 33.7. The third kappa shape index (κ3) is 13.8. The van der Waals surface area contributed by atoms with Crippen LogP contribution in [0.3, 0.4) is 0 Å². The Balaban J connectivity index is 0.000000204. The Bertz CT molecular complexity index is 3010. The zero-order valence-electron chi connectivity index (χ0n) is 39.1. The molecule has 19 heteroatoms. The van der Waals surface area contributed by atoms with Gasteiger partial charge in [-0.05, 0) is 70.8 Å². The zero-order valence-corrected chi connectivity index (χ0v) is 43.8. The minimum absolute atomic E-state index is 0. The minimum atomic E-state index is -0.472. The number of benzene rings is 6. The Morgan fingerprint density at radius 1 is 0.521 bits per heavy atom. The number of H-pyrrole nitrogens is 2. The Kier molecular flexibility index (Phi) is 20.5. The Labute approximate surface area is 438 Å². The van der Waals surface area contributed by atoms with Crippen LogP contribution in [0.25, 0.3) is 0 Å². The van der Waals surface area contributed by atoms with E-state index >= 15 is 0 Å². The second kappa shape index (κ2) is 26.7. The molecule has 8 aromatic rings. The molecule has 0 amide bonds. The highest BCUT2D eigenvalue weighted by Gasteiger charge is 2.23. The summed E-state index contributed by atoms with van der Waals surface area (Å²) in [4.78, 5) is 29.3. The fourth-order valence-corrected chi connectivity index (χ4v) is 10.2. The zero-order chi connectivity index (χ0) is 48.1. The average Bonchev–Trinajstić information content (AvgIpc) is 3.82. The molecule has 11 N–H and O–H groups in total. The van der Waals surface area contributed by atoms with E-state index in [0.717, 1.165) is 95.3 Å². The van der Waals surface area contributed by atoms with Gasteiger partial charge >= 0.3 is 0 Å². The standard InChI is InChI=1S/C26H24ClN3O3S.C22H16BrClN2O2S.C4H9NO.2H3N/c27-21-8-4-5-9-22(21)34-24-25(31)28-30(26(24)32)23(18-6-2-1-3-7-18)19-10-12-20(13-11-19)29-14-16-33-17-15-29;23-16-12-10-15(11-13-16)19(14-6-2-1-3-7-14)26-22(28)20(21(27)25-26)29-18-9-5-4-8-17(18)24;1-3-6-4-2-5-1;;/h1-13,23,32H,14-17H2,(H,28,31);1-13,19,28H,(H,25,27);5H,1-4H2;2*1H3. The molecule has 0 radical (unpaired) electrons. The lowest BCUT2D eigenvalue weighted by Gasteiger charge is -2.29. The van der Waals surface area contributed by atoms with Crippen molar-refractivity contribution in [3.63, 3.8) is 0 Å². The lowest BCUT2D eigenvalue weighted by atomic mass is 9.98. The number of morpholine rings is 2. The molecule has 10 rings (SSSR count). The molecule has 2 unspecified atom stereocenters. The van der Waals surface area contributed by atoms with Crippen molar-refractivity contribution >= 4 is 68.3 Å². The van der Waals surface area contributed by atoms with E-state index in [-0.39, 0.29) is 33.9 Å². The number of quaternary nitrogens is 2. The molecule has 14 nitrogen and oxygen atoms in total. The highest BCUT2D eigenvalue weighted by molar-refractivity contribution is 9.10. The third-order valence-electron chi connectivity index (χ3n) is 11.1. The molecule has 6 aromatic carbocycles. The van der Waals surface area contributed by atoms with E-state index in [1.165, 1.54) is 9.36 Å². The first-order valence-corrected chi connectivity index (χ1v) is 25.3. The fourth-order valence-electron chi connectivity index (χ4n) is 7.76. The monoisotopic (exact) mass is 1100 g/mol. The molecule has 2 saturated heterocycles. The number of anilines is 1. The van der Waals surface area contributed by atoms with Gasteiger partial charge in [-0.1, -0.05) is 172 Å². The van der Waals surface area contributed by atoms with Gasteiger partial charge in [-0.2, -0.15) is 0 Å². The molecule has 71 heavy (non-hydrogen) atoms. The number of aromatic nitrogens is 4. The maximum Gasteiger partial charge on any atom is 0.277 e. The summed E-state index contributed by atoms with van der Waals surface area (Å²) in [5.74, 6) is -0.752. The van der Waals surface area contributed by atoms with Crippen molar-refractivity contribution in [2.75, 3.05) is 57.5 Å². The fraction of sp³-hybridized carbons (Fsp3) is 0.192. The van der Waals surface area contributed by atoms with Crippen LogP contribution < -0.4 is 43.8 Å². The molecule has 372 valence electrons. The number of halogens is 3. The van der Waals surface area contributed by atoms with E-state index in [1.807, 2.05) is 115 Å². The lowest BCUT2D eigenvalue weighted by Crippen LogP contribution is -2.36. The van der Waals surface area contributed by atoms with Crippen molar-refractivity contribution in [1.82, 2.24) is 37.2 Å².